The van der Waals surface area contributed by atoms with E-state index in [4.69, 9.17) is 4.84 Å². The molecule has 0 saturated heterocycles. The van der Waals surface area contributed by atoms with Crippen molar-refractivity contribution >= 4 is 41.1 Å². The number of hydrogen-bond donors (Lipinski definition) is 0. The molecule has 2 aromatic carbocycles. The molecule has 0 spiro atoms. The Morgan fingerprint density at radius 2 is 1.85 bits per heavy atom. The Kier molecular flexibility index (Phi) is 4.56. The molecule has 2 nitrogen and oxygen atoms in total. The minimum absolute atomic E-state index is 0.230. The second kappa shape index (κ2) is 6.57. The van der Waals surface area contributed by atoms with E-state index in [0.29, 0.717) is 15.0 Å². The maximum atomic E-state index is 5.56. The standard InChI is InChI=1S/C16H14BrNOSe/c17-13-8-6-12(7-9-13)16-10-14(19-18-16)11-20-15-4-2-1-3-5-15/h1-9,14H,10-11H2. The van der Waals surface area contributed by atoms with Crippen LogP contribution in [-0.4, -0.2) is 26.8 Å². The fourth-order valence-electron chi connectivity index (χ4n) is 2.04. The summed E-state index contributed by atoms with van der Waals surface area (Å²) in [6, 6.07) is 18.9. The van der Waals surface area contributed by atoms with E-state index in [-0.39, 0.29) is 6.10 Å². The van der Waals surface area contributed by atoms with Gasteiger partial charge in [0.05, 0.1) is 0 Å². The molecular weight excluding hydrogens is 381 g/mol. The van der Waals surface area contributed by atoms with E-state index < -0.39 is 0 Å². The summed E-state index contributed by atoms with van der Waals surface area (Å²) in [6.07, 6.45) is 1.14. The van der Waals surface area contributed by atoms with Crippen molar-refractivity contribution in [1.82, 2.24) is 0 Å². The van der Waals surface area contributed by atoms with E-state index in [1.165, 1.54) is 4.46 Å². The van der Waals surface area contributed by atoms with Gasteiger partial charge < -0.3 is 0 Å². The van der Waals surface area contributed by atoms with Crippen LogP contribution in [-0.2, 0) is 4.84 Å². The first-order valence-electron chi connectivity index (χ1n) is 6.48. The maximum absolute atomic E-state index is 5.56. The molecule has 1 aliphatic heterocycles. The van der Waals surface area contributed by atoms with E-state index in [1.54, 1.807) is 0 Å². The van der Waals surface area contributed by atoms with Crippen molar-refractivity contribution in [2.45, 2.75) is 17.8 Å². The summed E-state index contributed by atoms with van der Waals surface area (Å²) in [7, 11) is 0. The van der Waals surface area contributed by atoms with Gasteiger partial charge in [-0.2, -0.15) is 0 Å². The summed E-state index contributed by atoms with van der Waals surface area (Å²) in [5.74, 6) is 0. The average Bonchev–Trinajstić information content (AvgIpc) is 2.96. The third-order valence-corrected chi connectivity index (χ3v) is 6.02. The molecule has 0 N–H and O–H groups in total. The van der Waals surface area contributed by atoms with Gasteiger partial charge in [0.25, 0.3) is 0 Å². The van der Waals surface area contributed by atoms with Gasteiger partial charge in [-0.25, -0.2) is 0 Å². The van der Waals surface area contributed by atoms with Gasteiger partial charge in [-0.05, 0) is 0 Å². The van der Waals surface area contributed by atoms with Gasteiger partial charge in [0.15, 0.2) is 0 Å². The zero-order valence-corrected chi connectivity index (χ0v) is 14.1. The second-order valence-electron chi connectivity index (χ2n) is 4.60. The molecule has 0 bridgehead atoms. The molecule has 0 saturated carbocycles. The van der Waals surface area contributed by atoms with E-state index >= 15 is 0 Å². The second-order valence-corrected chi connectivity index (χ2v) is 7.81. The van der Waals surface area contributed by atoms with Crippen molar-refractivity contribution in [2.75, 3.05) is 0 Å². The van der Waals surface area contributed by atoms with Gasteiger partial charge in [0.2, 0.25) is 0 Å². The number of oxime groups is 1. The minimum atomic E-state index is 0.230. The van der Waals surface area contributed by atoms with Crippen LogP contribution >= 0.6 is 15.9 Å². The molecule has 102 valence electrons. The molecule has 2 aromatic rings. The monoisotopic (exact) mass is 395 g/mol. The van der Waals surface area contributed by atoms with E-state index in [0.717, 1.165) is 27.5 Å². The van der Waals surface area contributed by atoms with Crippen LogP contribution in [0.4, 0.5) is 0 Å². The number of halogens is 1. The molecule has 0 fully saturated rings. The van der Waals surface area contributed by atoms with Gasteiger partial charge >= 0.3 is 134 Å². The predicted octanol–water partition coefficient (Wildman–Crippen LogP) is 3.39. The van der Waals surface area contributed by atoms with Crippen molar-refractivity contribution < 1.29 is 4.84 Å². The van der Waals surface area contributed by atoms with Crippen molar-refractivity contribution in [3.05, 3.63) is 64.6 Å². The molecule has 4 heteroatoms. The Labute approximate surface area is 133 Å². The zero-order chi connectivity index (χ0) is 13.8. The van der Waals surface area contributed by atoms with Gasteiger partial charge in [-0.3, -0.25) is 0 Å². The van der Waals surface area contributed by atoms with Gasteiger partial charge in [0.1, 0.15) is 0 Å². The molecule has 1 atom stereocenters. The number of nitrogens with zero attached hydrogens (tertiary/aromatic N) is 1. The zero-order valence-electron chi connectivity index (χ0n) is 10.8. The third-order valence-electron chi connectivity index (χ3n) is 3.09. The third kappa shape index (κ3) is 3.51. The Morgan fingerprint density at radius 3 is 2.60 bits per heavy atom. The first-order chi connectivity index (χ1) is 9.81. The van der Waals surface area contributed by atoms with Gasteiger partial charge in [-0.15, -0.1) is 0 Å². The Hall–Kier alpha value is -1.09. The van der Waals surface area contributed by atoms with E-state index in [1.807, 2.05) is 12.1 Å². The van der Waals surface area contributed by atoms with E-state index in [9.17, 15) is 0 Å². The van der Waals surface area contributed by atoms with Crippen LogP contribution in [0, 0.1) is 0 Å². The normalized spacial score (nSPS) is 17.6. The Bertz CT molecular complexity index is 598. The van der Waals surface area contributed by atoms with Crippen molar-refractivity contribution in [2.24, 2.45) is 5.16 Å². The summed E-state index contributed by atoms with van der Waals surface area (Å²) >= 11 is 3.90. The summed E-state index contributed by atoms with van der Waals surface area (Å²) in [4.78, 5) is 5.56. The van der Waals surface area contributed by atoms with Gasteiger partial charge in [0, 0.05) is 0 Å². The number of benzene rings is 2. The quantitative estimate of drug-likeness (QED) is 0.728. The average molecular weight is 395 g/mol. The molecule has 1 aliphatic rings. The molecule has 3 rings (SSSR count). The summed E-state index contributed by atoms with van der Waals surface area (Å²) in [6.45, 7) is 0. The van der Waals surface area contributed by atoms with Crippen LogP contribution in [0.2, 0.25) is 5.32 Å². The van der Waals surface area contributed by atoms with Gasteiger partial charge in [-0.1, -0.05) is 0 Å². The molecule has 20 heavy (non-hydrogen) atoms. The SMILES string of the molecule is Brc1ccc(C2=NOC(C[Se]c3ccccc3)C2)cc1. The molecule has 0 aliphatic carbocycles. The number of hydrogen-bond acceptors (Lipinski definition) is 2. The van der Waals surface area contributed by atoms with Crippen LogP contribution < -0.4 is 4.46 Å². The van der Waals surface area contributed by atoms with Crippen LogP contribution in [0.3, 0.4) is 0 Å². The van der Waals surface area contributed by atoms with Crippen molar-refractivity contribution in [3.8, 4) is 0 Å². The predicted molar refractivity (Wildman–Crippen MR) is 86.8 cm³/mol. The Balaban J connectivity index is 1.55. The van der Waals surface area contributed by atoms with Crippen LogP contribution in [0.1, 0.15) is 12.0 Å². The fourth-order valence-corrected chi connectivity index (χ4v) is 4.20. The van der Waals surface area contributed by atoms with Crippen LogP contribution in [0.25, 0.3) is 0 Å². The van der Waals surface area contributed by atoms with Crippen LogP contribution in [0.5, 0.6) is 0 Å². The molecule has 0 aromatic heterocycles. The molecule has 0 amide bonds. The summed E-state index contributed by atoms with van der Waals surface area (Å²) in [5, 5.41) is 5.31. The molecule has 1 unspecified atom stereocenters. The first-order valence-corrected chi connectivity index (χ1v) is 9.34. The molecule has 1 heterocycles. The van der Waals surface area contributed by atoms with Crippen molar-refractivity contribution in [3.63, 3.8) is 0 Å². The van der Waals surface area contributed by atoms with Crippen LogP contribution in [0.15, 0.2) is 64.2 Å². The molecule has 0 radical (unpaired) electrons. The van der Waals surface area contributed by atoms with E-state index in [2.05, 4.69) is 63.6 Å². The first kappa shape index (κ1) is 13.9. The topological polar surface area (TPSA) is 21.6 Å². The van der Waals surface area contributed by atoms with Crippen molar-refractivity contribution in [1.29, 1.82) is 0 Å². The summed E-state index contributed by atoms with van der Waals surface area (Å²) < 4.78 is 2.51. The fraction of sp³-hybridized carbons (Fsp3) is 0.188. The molecular formula is C16H14BrNOSe. The summed E-state index contributed by atoms with van der Waals surface area (Å²) in [5.41, 5.74) is 2.22. The Morgan fingerprint density at radius 1 is 1.10 bits per heavy atom. The number of rotatable bonds is 4.